The molecule has 0 spiro atoms. The van der Waals surface area contributed by atoms with Crippen LogP contribution in [0, 0.1) is 17.8 Å². The summed E-state index contributed by atoms with van der Waals surface area (Å²) >= 11 is 6.06. The molecule has 2 aliphatic rings. The van der Waals surface area contributed by atoms with Gasteiger partial charge in [0.1, 0.15) is 5.82 Å². The molecule has 1 heterocycles. The van der Waals surface area contributed by atoms with Gasteiger partial charge in [0.15, 0.2) is 0 Å². The Hall–Kier alpha value is -0.800. The summed E-state index contributed by atoms with van der Waals surface area (Å²) in [6.45, 7) is 0. The van der Waals surface area contributed by atoms with Gasteiger partial charge in [0.25, 0.3) is 0 Å². The molecule has 0 aliphatic heterocycles. The second-order valence-electron chi connectivity index (χ2n) is 5.73. The summed E-state index contributed by atoms with van der Waals surface area (Å²) in [6, 6.07) is 2.27. The Morgan fingerprint density at radius 2 is 2.28 bits per heavy atom. The van der Waals surface area contributed by atoms with Crippen LogP contribution in [0.1, 0.15) is 37.3 Å². The molecule has 0 radical (unpaired) electrons. The van der Waals surface area contributed by atoms with Gasteiger partial charge in [0, 0.05) is 17.8 Å². The highest BCUT2D eigenvalue weighted by molar-refractivity contribution is 6.30. The molecule has 2 aliphatic carbocycles. The van der Waals surface area contributed by atoms with E-state index in [9.17, 15) is 0 Å². The fourth-order valence-corrected chi connectivity index (χ4v) is 4.18. The molecule has 0 aromatic carbocycles. The van der Waals surface area contributed by atoms with Gasteiger partial charge in [-0.1, -0.05) is 18.0 Å². The van der Waals surface area contributed by atoms with Gasteiger partial charge in [-0.3, -0.25) is 0 Å². The number of hydrogen-bond acceptors (Lipinski definition) is 3. The van der Waals surface area contributed by atoms with Crippen LogP contribution in [0.25, 0.3) is 0 Å². The first-order valence-electron chi connectivity index (χ1n) is 6.77. The summed E-state index contributed by atoms with van der Waals surface area (Å²) in [5.41, 5.74) is 7.09. The van der Waals surface area contributed by atoms with Gasteiger partial charge in [0.05, 0.1) is 5.02 Å². The zero-order valence-electron chi connectivity index (χ0n) is 10.7. The number of nitrogens with two attached hydrogens (primary N) is 1. The fourth-order valence-electron chi connectivity index (χ4n) is 4.02. The SMILES string of the molecule is CNC(c1cc(Cl)cnc1N)C1CC2CCC1C2. The fraction of sp³-hybridized carbons (Fsp3) is 0.643. The quantitative estimate of drug-likeness (QED) is 0.883. The Balaban J connectivity index is 1.90. The number of anilines is 1. The van der Waals surface area contributed by atoms with Gasteiger partial charge in [-0.15, -0.1) is 0 Å². The summed E-state index contributed by atoms with van der Waals surface area (Å²) < 4.78 is 0. The highest BCUT2D eigenvalue weighted by atomic mass is 35.5. The lowest BCUT2D eigenvalue weighted by Gasteiger charge is -2.31. The number of nitrogen functional groups attached to an aromatic ring is 1. The Morgan fingerprint density at radius 3 is 2.89 bits per heavy atom. The predicted molar refractivity (Wildman–Crippen MR) is 74.4 cm³/mol. The smallest absolute Gasteiger partial charge is 0.128 e. The molecule has 4 heteroatoms. The van der Waals surface area contributed by atoms with E-state index in [4.69, 9.17) is 17.3 Å². The summed E-state index contributed by atoms with van der Waals surface area (Å²) in [4.78, 5) is 4.19. The second kappa shape index (κ2) is 4.71. The van der Waals surface area contributed by atoms with Crippen LogP contribution in [-0.2, 0) is 0 Å². The van der Waals surface area contributed by atoms with Crippen molar-refractivity contribution < 1.29 is 0 Å². The lowest BCUT2D eigenvalue weighted by atomic mass is 9.80. The van der Waals surface area contributed by atoms with Gasteiger partial charge in [-0.2, -0.15) is 0 Å². The minimum atomic E-state index is 0.298. The molecule has 1 aromatic heterocycles. The highest BCUT2D eigenvalue weighted by Gasteiger charge is 2.43. The molecule has 3 N–H and O–H groups in total. The number of nitrogens with one attached hydrogen (secondary N) is 1. The van der Waals surface area contributed by atoms with E-state index in [0.29, 0.717) is 22.8 Å². The van der Waals surface area contributed by atoms with Crippen LogP contribution >= 0.6 is 11.6 Å². The lowest BCUT2D eigenvalue weighted by molar-refractivity contribution is 0.260. The molecule has 0 saturated heterocycles. The maximum atomic E-state index is 6.06. The lowest BCUT2D eigenvalue weighted by Crippen LogP contribution is -2.29. The molecule has 98 valence electrons. The minimum Gasteiger partial charge on any atom is -0.383 e. The molecular weight excluding hydrogens is 246 g/mol. The average molecular weight is 266 g/mol. The Morgan fingerprint density at radius 1 is 1.44 bits per heavy atom. The van der Waals surface area contributed by atoms with E-state index in [2.05, 4.69) is 10.3 Å². The Bertz CT molecular complexity index is 449. The number of pyridine rings is 1. The number of halogens is 1. The molecular formula is C14H20ClN3. The van der Waals surface area contributed by atoms with Gasteiger partial charge in [-0.05, 0) is 50.1 Å². The highest BCUT2D eigenvalue weighted by Crippen LogP contribution is 2.52. The summed E-state index contributed by atoms with van der Waals surface area (Å²) in [7, 11) is 2.01. The molecule has 4 atom stereocenters. The van der Waals surface area contributed by atoms with Crippen molar-refractivity contribution in [2.24, 2.45) is 17.8 Å². The molecule has 3 rings (SSSR count). The summed E-state index contributed by atoms with van der Waals surface area (Å²) in [5, 5.41) is 4.10. The first kappa shape index (κ1) is 12.2. The average Bonchev–Trinajstić information content (AvgIpc) is 2.97. The van der Waals surface area contributed by atoms with Crippen LogP contribution in [0.2, 0.25) is 5.02 Å². The van der Waals surface area contributed by atoms with Crippen LogP contribution < -0.4 is 11.1 Å². The third-order valence-electron chi connectivity index (χ3n) is 4.78. The number of aromatic nitrogens is 1. The van der Waals surface area contributed by atoms with E-state index in [1.807, 2.05) is 13.1 Å². The van der Waals surface area contributed by atoms with E-state index >= 15 is 0 Å². The standard InChI is InChI=1S/C14H20ClN3/c1-17-13(11-5-8-2-3-9(11)4-8)12-6-10(15)7-18-14(12)16/h6-9,11,13,17H,2-5H2,1H3,(H2,16,18). The van der Waals surface area contributed by atoms with Crippen molar-refractivity contribution in [1.82, 2.24) is 10.3 Å². The number of rotatable bonds is 3. The van der Waals surface area contributed by atoms with E-state index in [1.54, 1.807) is 6.20 Å². The van der Waals surface area contributed by atoms with Crippen LogP contribution in [-0.4, -0.2) is 12.0 Å². The largest absolute Gasteiger partial charge is 0.383 e. The Kier molecular flexibility index (Phi) is 3.20. The van der Waals surface area contributed by atoms with Crippen molar-refractivity contribution >= 4 is 17.4 Å². The third-order valence-corrected chi connectivity index (χ3v) is 4.99. The molecule has 2 bridgehead atoms. The minimum absolute atomic E-state index is 0.298. The van der Waals surface area contributed by atoms with Crippen LogP contribution in [0.15, 0.2) is 12.3 Å². The van der Waals surface area contributed by atoms with Crippen LogP contribution in [0.4, 0.5) is 5.82 Å². The first-order valence-corrected chi connectivity index (χ1v) is 7.15. The zero-order chi connectivity index (χ0) is 12.7. The van der Waals surface area contributed by atoms with E-state index in [0.717, 1.165) is 17.4 Å². The zero-order valence-corrected chi connectivity index (χ0v) is 11.5. The molecule has 0 amide bonds. The number of hydrogen-bond donors (Lipinski definition) is 2. The van der Waals surface area contributed by atoms with Crippen molar-refractivity contribution in [2.45, 2.75) is 31.7 Å². The molecule has 2 fully saturated rings. The normalized spacial score (nSPS) is 31.8. The van der Waals surface area contributed by atoms with Crippen LogP contribution in [0.5, 0.6) is 0 Å². The van der Waals surface area contributed by atoms with Crippen molar-refractivity contribution in [3.05, 3.63) is 22.8 Å². The topological polar surface area (TPSA) is 50.9 Å². The predicted octanol–water partition coefficient (Wildman–Crippen LogP) is 3.01. The van der Waals surface area contributed by atoms with Gasteiger partial charge < -0.3 is 11.1 Å². The third kappa shape index (κ3) is 1.99. The van der Waals surface area contributed by atoms with Gasteiger partial charge >= 0.3 is 0 Å². The van der Waals surface area contributed by atoms with Gasteiger partial charge in [0.2, 0.25) is 0 Å². The first-order chi connectivity index (χ1) is 8.69. The summed E-state index contributed by atoms with van der Waals surface area (Å²) in [6.07, 6.45) is 7.13. The Labute approximate surface area is 113 Å². The van der Waals surface area contributed by atoms with E-state index in [1.165, 1.54) is 25.7 Å². The van der Waals surface area contributed by atoms with E-state index in [-0.39, 0.29) is 0 Å². The monoisotopic (exact) mass is 265 g/mol. The van der Waals surface area contributed by atoms with Crippen LogP contribution in [0.3, 0.4) is 0 Å². The number of nitrogens with zero attached hydrogens (tertiary/aromatic N) is 1. The molecule has 18 heavy (non-hydrogen) atoms. The van der Waals surface area contributed by atoms with Crippen molar-refractivity contribution in [3.8, 4) is 0 Å². The summed E-state index contributed by atoms with van der Waals surface area (Å²) in [5.74, 6) is 3.09. The second-order valence-corrected chi connectivity index (χ2v) is 6.17. The molecule has 1 aromatic rings. The van der Waals surface area contributed by atoms with Gasteiger partial charge in [-0.25, -0.2) is 4.98 Å². The molecule has 4 unspecified atom stereocenters. The maximum Gasteiger partial charge on any atom is 0.128 e. The van der Waals surface area contributed by atoms with Crippen molar-refractivity contribution in [1.29, 1.82) is 0 Å². The van der Waals surface area contributed by atoms with E-state index < -0.39 is 0 Å². The molecule has 2 saturated carbocycles. The number of fused-ring (bicyclic) bond motifs is 2. The van der Waals surface area contributed by atoms with Crippen molar-refractivity contribution in [3.63, 3.8) is 0 Å². The van der Waals surface area contributed by atoms with Crippen molar-refractivity contribution in [2.75, 3.05) is 12.8 Å². The maximum absolute atomic E-state index is 6.06. The molecule has 3 nitrogen and oxygen atoms in total.